The Balaban J connectivity index is 1.45. The zero-order valence-corrected chi connectivity index (χ0v) is 22.0. The summed E-state index contributed by atoms with van der Waals surface area (Å²) in [6.07, 6.45) is 0. The number of hydrogen-bond donors (Lipinski definition) is 0. The monoisotopic (exact) mass is 486 g/mol. The molecule has 7 aromatic carbocycles. The molecule has 1 heterocycles. The second-order valence-electron chi connectivity index (χ2n) is 11.0. The summed E-state index contributed by atoms with van der Waals surface area (Å²) in [5.41, 5.74) is 5.41. The number of rotatable bonds is 1. The van der Waals surface area contributed by atoms with Crippen LogP contribution in [0.25, 0.3) is 65.3 Å². The molecule has 8 rings (SSSR count). The van der Waals surface area contributed by atoms with E-state index in [0.29, 0.717) is 0 Å². The first-order valence-corrected chi connectivity index (χ1v) is 16.1. The number of benzene rings is 7. The van der Waals surface area contributed by atoms with Gasteiger partial charge in [0.15, 0.2) is 0 Å². The fourth-order valence-corrected chi connectivity index (χ4v) is 9.83. The highest BCUT2D eigenvalue weighted by Crippen LogP contribution is 2.40. The Bertz CT molecular complexity index is 2060. The lowest BCUT2D eigenvalue weighted by Crippen LogP contribution is -2.55. The van der Waals surface area contributed by atoms with Gasteiger partial charge in [-0.1, -0.05) is 110 Å². The lowest BCUT2D eigenvalue weighted by atomic mass is 9.90. The molecule has 0 saturated heterocycles. The Hall–Kier alpha value is -4.20. The SMILES string of the molecule is C[Si]1(C)c2ccc(-c3cc4cc5ccccc5cc4c4ccccc34)cc2-c2cccc3cccc1c23. The molecule has 174 valence electrons. The molecular formula is C36H26Si. The summed E-state index contributed by atoms with van der Waals surface area (Å²) in [5.74, 6) is 0. The number of fused-ring (bicyclic) bond motifs is 6. The highest BCUT2D eigenvalue weighted by molar-refractivity contribution is 7.03. The minimum absolute atomic E-state index is 1.29. The van der Waals surface area contributed by atoms with E-state index < -0.39 is 8.07 Å². The second kappa shape index (κ2) is 7.41. The topological polar surface area (TPSA) is 0 Å². The zero-order valence-electron chi connectivity index (χ0n) is 21.0. The van der Waals surface area contributed by atoms with Gasteiger partial charge in [-0.05, 0) is 100.0 Å². The van der Waals surface area contributed by atoms with Crippen molar-refractivity contribution in [2.45, 2.75) is 13.1 Å². The summed E-state index contributed by atoms with van der Waals surface area (Å²) >= 11 is 0. The van der Waals surface area contributed by atoms with Gasteiger partial charge in [0.1, 0.15) is 8.07 Å². The van der Waals surface area contributed by atoms with Crippen LogP contribution in [0.1, 0.15) is 0 Å². The fraction of sp³-hybridized carbons (Fsp3) is 0.0556. The average molecular weight is 487 g/mol. The predicted octanol–water partition coefficient (Wildman–Crippen LogP) is 8.77. The summed E-state index contributed by atoms with van der Waals surface area (Å²) < 4.78 is 0. The molecule has 1 aliphatic heterocycles. The zero-order chi connectivity index (χ0) is 24.7. The van der Waals surface area contributed by atoms with E-state index in [1.165, 1.54) is 65.3 Å². The Morgan fingerprint density at radius 2 is 1.11 bits per heavy atom. The van der Waals surface area contributed by atoms with Gasteiger partial charge in [-0.3, -0.25) is 0 Å². The van der Waals surface area contributed by atoms with Crippen molar-refractivity contribution >= 4 is 61.5 Å². The van der Waals surface area contributed by atoms with E-state index in [1.54, 1.807) is 10.4 Å². The number of hydrogen-bond acceptors (Lipinski definition) is 0. The highest BCUT2D eigenvalue weighted by atomic mass is 28.3. The quantitative estimate of drug-likeness (QED) is 0.124. The van der Waals surface area contributed by atoms with Crippen molar-refractivity contribution in [1.29, 1.82) is 0 Å². The van der Waals surface area contributed by atoms with Crippen LogP contribution < -0.4 is 10.4 Å². The second-order valence-corrected chi connectivity index (χ2v) is 15.3. The third kappa shape index (κ3) is 2.89. The molecule has 0 atom stereocenters. The van der Waals surface area contributed by atoms with Crippen molar-refractivity contribution < 1.29 is 0 Å². The predicted molar refractivity (Wildman–Crippen MR) is 164 cm³/mol. The van der Waals surface area contributed by atoms with Gasteiger partial charge < -0.3 is 0 Å². The molecule has 0 bridgehead atoms. The van der Waals surface area contributed by atoms with Crippen LogP contribution in [-0.2, 0) is 0 Å². The normalized spacial score (nSPS) is 13.9. The molecule has 0 saturated carbocycles. The van der Waals surface area contributed by atoms with E-state index in [0.717, 1.165) is 0 Å². The standard InChI is InChI=1S/C36H26Si/c1-37(2)34-18-17-26(21-33(34)30-15-7-11-23-12-8-16-35(37)36(23)30)31-22-27-19-24-9-3-4-10-25(24)20-32(27)29-14-6-5-13-28(29)31/h3-22H,1-2H3. The van der Waals surface area contributed by atoms with Gasteiger partial charge in [-0.15, -0.1) is 0 Å². The van der Waals surface area contributed by atoms with Crippen molar-refractivity contribution in [3.8, 4) is 22.3 Å². The van der Waals surface area contributed by atoms with Gasteiger partial charge in [-0.25, -0.2) is 0 Å². The Kier molecular flexibility index (Phi) is 4.19. The smallest absolute Gasteiger partial charge is 0.0619 e. The maximum absolute atomic E-state index is 2.51. The largest absolute Gasteiger partial charge is 0.113 e. The maximum atomic E-state index is 2.51. The molecule has 0 fully saturated rings. The Morgan fingerprint density at radius 3 is 1.95 bits per heavy atom. The first-order chi connectivity index (χ1) is 18.1. The summed E-state index contributed by atoms with van der Waals surface area (Å²) in [7, 11) is -1.81. The first kappa shape index (κ1) is 20.9. The molecule has 1 heteroatoms. The first-order valence-electron chi connectivity index (χ1n) is 13.1. The minimum Gasteiger partial charge on any atom is -0.0619 e. The average Bonchev–Trinajstić information content (AvgIpc) is 2.94. The maximum Gasteiger partial charge on any atom is 0.113 e. The van der Waals surface area contributed by atoms with Gasteiger partial charge in [0.2, 0.25) is 0 Å². The van der Waals surface area contributed by atoms with Crippen LogP contribution in [0.3, 0.4) is 0 Å². The molecule has 0 nitrogen and oxygen atoms in total. The van der Waals surface area contributed by atoms with Crippen LogP contribution in [0.5, 0.6) is 0 Å². The van der Waals surface area contributed by atoms with Gasteiger partial charge in [0.05, 0.1) is 0 Å². The molecule has 0 unspecified atom stereocenters. The summed E-state index contributed by atoms with van der Waals surface area (Å²) in [6, 6.07) is 45.7. The van der Waals surface area contributed by atoms with E-state index in [1.807, 2.05) is 0 Å². The molecule has 0 aromatic heterocycles. The van der Waals surface area contributed by atoms with Crippen LogP contribution >= 0.6 is 0 Å². The third-order valence-corrected chi connectivity index (χ3v) is 12.1. The van der Waals surface area contributed by atoms with Gasteiger partial charge in [0, 0.05) is 0 Å². The third-order valence-electron chi connectivity index (χ3n) is 8.60. The van der Waals surface area contributed by atoms with E-state index in [4.69, 9.17) is 0 Å². The van der Waals surface area contributed by atoms with Crippen molar-refractivity contribution in [1.82, 2.24) is 0 Å². The van der Waals surface area contributed by atoms with Crippen molar-refractivity contribution in [2.75, 3.05) is 0 Å². The minimum atomic E-state index is -1.81. The highest BCUT2D eigenvalue weighted by Gasteiger charge is 2.35. The van der Waals surface area contributed by atoms with Crippen molar-refractivity contribution in [2.24, 2.45) is 0 Å². The molecule has 0 radical (unpaired) electrons. The van der Waals surface area contributed by atoms with E-state index in [2.05, 4.69) is 134 Å². The lowest BCUT2D eigenvalue weighted by Gasteiger charge is -2.34. The molecule has 37 heavy (non-hydrogen) atoms. The summed E-state index contributed by atoms with van der Waals surface area (Å²) in [5, 5.41) is 13.8. The van der Waals surface area contributed by atoms with Crippen LogP contribution in [0.15, 0.2) is 121 Å². The summed E-state index contributed by atoms with van der Waals surface area (Å²) in [6.45, 7) is 5.01. The molecule has 0 spiro atoms. The van der Waals surface area contributed by atoms with E-state index in [9.17, 15) is 0 Å². The Morgan fingerprint density at radius 1 is 0.405 bits per heavy atom. The van der Waals surface area contributed by atoms with E-state index in [-0.39, 0.29) is 0 Å². The Labute approximate surface area is 217 Å². The van der Waals surface area contributed by atoms with Gasteiger partial charge >= 0.3 is 0 Å². The van der Waals surface area contributed by atoms with Gasteiger partial charge in [-0.2, -0.15) is 0 Å². The fourth-order valence-electron chi connectivity index (χ4n) is 6.75. The lowest BCUT2D eigenvalue weighted by molar-refractivity contribution is 1.62. The molecule has 1 aliphatic rings. The van der Waals surface area contributed by atoms with Crippen LogP contribution in [0.2, 0.25) is 13.1 Å². The molecular weight excluding hydrogens is 460 g/mol. The molecule has 0 amide bonds. The van der Waals surface area contributed by atoms with Crippen molar-refractivity contribution in [3.63, 3.8) is 0 Å². The van der Waals surface area contributed by atoms with Crippen LogP contribution in [0.4, 0.5) is 0 Å². The van der Waals surface area contributed by atoms with Crippen LogP contribution in [0, 0.1) is 0 Å². The van der Waals surface area contributed by atoms with E-state index >= 15 is 0 Å². The molecule has 0 N–H and O–H groups in total. The van der Waals surface area contributed by atoms with Crippen molar-refractivity contribution in [3.05, 3.63) is 121 Å². The van der Waals surface area contributed by atoms with Gasteiger partial charge in [0.25, 0.3) is 0 Å². The molecule has 7 aromatic rings. The molecule has 0 aliphatic carbocycles. The summed E-state index contributed by atoms with van der Waals surface area (Å²) in [4.78, 5) is 0. The van der Waals surface area contributed by atoms with Crippen LogP contribution in [-0.4, -0.2) is 8.07 Å².